The number of benzene rings is 2. The van der Waals surface area contributed by atoms with Gasteiger partial charge in [0.2, 0.25) is 39.4 Å². The van der Waals surface area contributed by atoms with E-state index in [9.17, 15) is 46.8 Å². The molecule has 21 heteroatoms. The van der Waals surface area contributed by atoms with Gasteiger partial charge in [0.25, 0.3) is 5.91 Å². The van der Waals surface area contributed by atoms with E-state index < -0.39 is 93.8 Å². The largest absolute Gasteiger partial charge is 0.496 e. The summed E-state index contributed by atoms with van der Waals surface area (Å²) in [6.07, 6.45) is 2.83. The van der Waals surface area contributed by atoms with Crippen LogP contribution in [0.15, 0.2) is 68.7 Å². The molecule has 2 heterocycles. The van der Waals surface area contributed by atoms with Crippen molar-refractivity contribution in [3.63, 3.8) is 0 Å². The van der Waals surface area contributed by atoms with E-state index in [-0.39, 0.29) is 59.4 Å². The molecular weight excluding hydrogens is 867 g/mol. The zero-order chi connectivity index (χ0) is 47.4. The Balaban J connectivity index is 1.38. The number of ketones is 1. The molecule has 7 N–H and O–H groups in total. The minimum atomic E-state index is -4.39. The first kappa shape index (κ1) is 49.7. The molecule has 0 radical (unpaired) electrons. The van der Waals surface area contributed by atoms with Gasteiger partial charge >= 0.3 is 11.7 Å². The number of sulfonamides is 1. The fraction of sp³-hybridized carbons (Fsp3) is 0.500. The normalized spacial score (nSPS) is 18.0. The van der Waals surface area contributed by atoms with Crippen LogP contribution in [-0.2, 0) is 43.5 Å². The highest BCUT2D eigenvalue weighted by molar-refractivity contribution is 7.89. The Labute approximate surface area is 376 Å². The second-order valence-electron chi connectivity index (χ2n) is 16.6. The van der Waals surface area contributed by atoms with Gasteiger partial charge in [-0.2, -0.15) is 0 Å². The number of fused-ring (bicyclic) bond motifs is 1. The molecule has 6 amide bonds. The number of nitrogens with one attached hydrogen (secondary N) is 5. The Morgan fingerprint density at radius 3 is 2.29 bits per heavy atom. The number of primary amides is 1. The molecule has 1 saturated heterocycles. The second kappa shape index (κ2) is 22.5. The molecule has 1 aliphatic carbocycles. The summed E-state index contributed by atoms with van der Waals surface area (Å²) in [4.78, 5) is 107. The molecule has 1 aromatic heterocycles. The molecule has 2 aliphatic rings. The van der Waals surface area contributed by atoms with Crippen LogP contribution >= 0.6 is 0 Å². The monoisotopic (exact) mass is 923 g/mol. The van der Waals surface area contributed by atoms with Crippen molar-refractivity contribution >= 4 is 62.4 Å². The lowest BCUT2D eigenvalue weighted by molar-refractivity contribution is -0.143. The molecule has 1 aliphatic heterocycles. The van der Waals surface area contributed by atoms with Crippen molar-refractivity contribution in [3.05, 3.63) is 70.6 Å². The second-order valence-corrected chi connectivity index (χ2v) is 18.3. The number of Topliss-reactive ketones (excluding diaryl/α,β-unsaturated/α-hetero) is 1. The maximum Gasteiger partial charge on any atom is 0.407 e. The molecule has 5 atom stereocenters. The van der Waals surface area contributed by atoms with Crippen molar-refractivity contribution in [2.24, 2.45) is 17.6 Å². The number of hydrogen-bond donors (Lipinski definition) is 6. The van der Waals surface area contributed by atoms with E-state index in [4.69, 9.17) is 19.6 Å². The molecule has 2 aromatic carbocycles. The van der Waals surface area contributed by atoms with E-state index in [2.05, 4.69) is 26.0 Å². The summed E-state index contributed by atoms with van der Waals surface area (Å²) in [6.45, 7) is 4.44. The maximum absolute atomic E-state index is 14.7. The van der Waals surface area contributed by atoms with E-state index in [1.165, 1.54) is 30.2 Å². The molecule has 1 saturated carbocycles. The third-order valence-electron chi connectivity index (χ3n) is 11.2. The van der Waals surface area contributed by atoms with E-state index in [1.54, 1.807) is 37.3 Å². The van der Waals surface area contributed by atoms with Gasteiger partial charge in [0.1, 0.15) is 29.5 Å². The van der Waals surface area contributed by atoms with Gasteiger partial charge < -0.3 is 45.8 Å². The van der Waals surface area contributed by atoms with Crippen molar-refractivity contribution in [2.45, 2.75) is 107 Å². The van der Waals surface area contributed by atoms with Crippen LogP contribution in [-0.4, -0.2) is 106 Å². The summed E-state index contributed by atoms with van der Waals surface area (Å²) in [5, 5.41) is 10.1. The number of alkyl carbamates (subject to hydrolysis) is 1. The molecule has 3 aromatic rings. The average Bonchev–Trinajstić information content (AvgIpc) is 3.70. The van der Waals surface area contributed by atoms with Crippen LogP contribution in [0.5, 0.6) is 5.75 Å². The smallest absolute Gasteiger partial charge is 0.407 e. The molecule has 2 fully saturated rings. The molecule has 5 rings (SSSR count). The highest BCUT2D eigenvalue weighted by atomic mass is 32.2. The molecule has 65 heavy (non-hydrogen) atoms. The first-order chi connectivity index (χ1) is 30.9. The predicted molar refractivity (Wildman–Crippen MR) is 234 cm³/mol. The van der Waals surface area contributed by atoms with Crippen molar-refractivity contribution in [1.82, 2.24) is 30.9 Å². The Morgan fingerprint density at radius 2 is 1.65 bits per heavy atom. The van der Waals surface area contributed by atoms with Crippen molar-refractivity contribution in [2.75, 3.05) is 26.8 Å². The minimum absolute atomic E-state index is 0.000826. The Bertz CT molecular complexity index is 2400. The van der Waals surface area contributed by atoms with E-state index in [0.717, 1.165) is 25.3 Å². The third kappa shape index (κ3) is 13.1. The van der Waals surface area contributed by atoms with Crippen LogP contribution in [0.3, 0.4) is 0 Å². The maximum atomic E-state index is 14.7. The summed E-state index contributed by atoms with van der Waals surface area (Å²) in [6, 6.07) is 6.70. The first-order valence-electron chi connectivity index (χ1n) is 21.6. The van der Waals surface area contributed by atoms with Crippen molar-refractivity contribution < 1.29 is 55.9 Å². The summed E-state index contributed by atoms with van der Waals surface area (Å²) in [5.41, 5.74) is 5.25. The lowest BCUT2D eigenvalue weighted by atomic mass is 9.83. The average molecular weight is 924 g/mol. The first-order valence-corrected chi connectivity index (χ1v) is 23.0. The lowest BCUT2D eigenvalue weighted by Crippen LogP contribution is -2.58. The van der Waals surface area contributed by atoms with Gasteiger partial charge in [0.05, 0.1) is 42.7 Å². The number of nitrogens with zero attached hydrogens (tertiary/aromatic N) is 1. The zero-order valence-corrected chi connectivity index (χ0v) is 37.6. The standard InChI is InChI=1S/C44H57N7O13S/c1-5-12-31(39(54)42(57)46-22-35(52)48-37(40(45)55)26-13-8-6-9-14-26)47-41(56)32-19-28(50-65(60,61)29-17-18-33-30(20-29)34(62-4)21-36(53)64-33)23-51(32)43(58)38(27-15-10-7-11-16-27)49-44(59)63-24-25(2)3/h6,8-9,13-14,17-18,20-21,25,27-28,31-32,37-38,50H,5,7,10-12,15-16,19,22-24H2,1-4H3,(H2,45,55)(H,46,57)(H,47,56)(H,48,52)(H,49,59)/t28?,31?,32?,37-,38-/m1/s1. The van der Waals surface area contributed by atoms with Crippen molar-refractivity contribution in [3.8, 4) is 5.75 Å². The number of carbonyl (C=O) groups is 7. The van der Waals surface area contributed by atoms with Gasteiger partial charge in [-0.15, -0.1) is 0 Å². The fourth-order valence-electron chi connectivity index (χ4n) is 8.00. The number of likely N-dealkylation sites (tertiary alicyclic amines) is 1. The van der Waals surface area contributed by atoms with Crippen LogP contribution in [0.1, 0.15) is 83.7 Å². The molecule has 352 valence electrons. The highest BCUT2D eigenvalue weighted by Gasteiger charge is 2.46. The Hall–Kier alpha value is -6.35. The van der Waals surface area contributed by atoms with Crippen molar-refractivity contribution in [1.29, 1.82) is 0 Å². The van der Waals surface area contributed by atoms with Gasteiger partial charge in [0, 0.05) is 12.6 Å². The van der Waals surface area contributed by atoms with Gasteiger partial charge in [-0.3, -0.25) is 28.8 Å². The van der Waals surface area contributed by atoms with Gasteiger partial charge in [-0.05, 0) is 61.3 Å². The highest BCUT2D eigenvalue weighted by Crippen LogP contribution is 2.31. The number of carbonyl (C=O) groups excluding carboxylic acids is 7. The van der Waals surface area contributed by atoms with Gasteiger partial charge in [0.15, 0.2) is 0 Å². The number of ether oxygens (including phenoxy) is 2. The molecule has 3 unspecified atom stereocenters. The number of hydrogen-bond acceptors (Lipinski definition) is 13. The summed E-state index contributed by atoms with van der Waals surface area (Å²) >= 11 is 0. The van der Waals surface area contributed by atoms with Crippen LogP contribution in [0.4, 0.5) is 4.79 Å². The lowest BCUT2D eigenvalue weighted by Gasteiger charge is -2.34. The molecule has 0 bridgehead atoms. The quantitative estimate of drug-likeness (QED) is 0.0696. The topological polar surface area (TPSA) is 292 Å². The van der Waals surface area contributed by atoms with Gasteiger partial charge in [-0.1, -0.05) is 76.8 Å². The number of rotatable bonds is 20. The molecule has 20 nitrogen and oxygen atoms in total. The van der Waals surface area contributed by atoms with Crippen LogP contribution in [0, 0.1) is 11.8 Å². The zero-order valence-electron chi connectivity index (χ0n) is 36.8. The van der Waals surface area contributed by atoms with Crippen LogP contribution < -0.4 is 42.1 Å². The van der Waals surface area contributed by atoms with E-state index in [0.29, 0.717) is 24.8 Å². The number of nitrogens with two attached hydrogens (primary N) is 1. The Morgan fingerprint density at radius 1 is 0.938 bits per heavy atom. The Kier molecular flexibility index (Phi) is 17.2. The van der Waals surface area contributed by atoms with E-state index >= 15 is 0 Å². The fourth-order valence-corrected chi connectivity index (χ4v) is 9.26. The number of amides is 6. The predicted octanol–water partition coefficient (Wildman–Crippen LogP) is 1.69. The molecule has 0 spiro atoms. The number of methoxy groups -OCH3 is 1. The summed E-state index contributed by atoms with van der Waals surface area (Å²) in [5.74, 6) is -5.81. The third-order valence-corrected chi connectivity index (χ3v) is 12.7. The minimum Gasteiger partial charge on any atom is -0.496 e. The summed E-state index contributed by atoms with van der Waals surface area (Å²) < 4.78 is 46.3. The van der Waals surface area contributed by atoms with Crippen LogP contribution in [0.2, 0.25) is 0 Å². The van der Waals surface area contributed by atoms with E-state index in [1.807, 2.05) is 13.8 Å². The van der Waals surface area contributed by atoms with Crippen LogP contribution in [0.25, 0.3) is 11.0 Å². The van der Waals surface area contributed by atoms with Gasteiger partial charge in [-0.25, -0.2) is 22.7 Å². The SMILES string of the molecule is CCCC(NC(=O)C1CC(NS(=O)(=O)c2ccc3oc(=O)cc(OC)c3c2)CN1C(=O)[C@H](NC(=O)OCC(C)C)C1CCCCC1)C(=O)C(=O)NCC(=O)N[C@@H](C(N)=O)c1ccccc1. The summed E-state index contributed by atoms with van der Waals surface area (Å²) in [7, 11) is -3.08. The molecular formula is C44H57N7O13S.